The van der Waals surface area contributed by atoms with E-state index >= 15 is 0 Å². The summed E-state index contributed by atoms with van der Waals surface area (Å²) in [6.45, 7) is 3.17. The van der Waals surface area contributed by atoms with Gasteiger partial charge in [-0.2, -0.15) is 0 Å². The van der Waals surface area contributed by atoms with Crippen LogP contribution in [0.4, 0.5) is 5.69 Å². The number of fused-ring (bicyclic) bond motifs is 1. The van der Waals surface area contributed by atoms with Gasteiger partial charge in [-0.15, -0.1) is 12.4 Å². The topological polar surface area (TPSA) is 61.4 Å². The van der Waals surface area contributed by atoms with E-state index in [1.54, 1.807) is 6.07 Å². The summed E-state index contributed by atoms with van der Waals surface area (Å²) in [5, 5.41) is 5.99. The first kappa shape index (κ1) is 13.8. The van der Waals surface area contributed by atoms with E-state index in [0.717, 1.165) is 37.4 Å². The van der Waals surface area contributed by atoms with Crippen LogP contribution in [0, 0.1) is 0 Å². The highest BCUT2D eigenvalue weighted by molar-refractivity contribution is 6.01. The number of hydrogen-bond acceptors (Lipinski definition) is 3. The summed E-state index contributed by atoms with van der Waals surface area (Å²) < 4.78 is 0. The Morgan fingerprint density at radius 2 is 1.95 bits per heavy atom. The van der Waals surface area contributed by atoms with Crippen molar-refractivity contribution in [3.8, 4) is 0 Å². The van der Waals surface area contributed by atoms with Crippen molar-refractivity contribution in [3.05, 3.63) is 29.3 Å². The summed E-state index contributed by atoms with van der Waals surface area (Å²) in [7, 11) is 0. The lowest BCUT2D eigenvalue weighted by Gasteiger charge is -2.27. The summed E-state index contributed by atoms with van der Waals surface area (Å²) in [5.41, 5.74) is 2.42. The van der Waals surface area contributed by atoms with Crippen LogP contribution < -0.4 is 10.6 Å². The molecule has 2 heterocycles. The smallest absolute Gasteiger partial charge is 0.253 e. The van der Waals surface area contributed by atoms with Gasteiger partial charge < -0.3 is 15.5 Å². The number of carbonyl (C=O) groups is 2. The van der Waals surface area contributed by atoms with Gasteiger partial charge in [0, 0.05) is 37.4 Å². The van der Waals surface area contributed by atoms with Gasteiger partial charge in [-0.05, 0) is 23.8 Å². The molecular weight excluding hydrogens is 266 g/mol. The maximum absolute atomic E-state index is 12.3. The zero-order chi connectivity index (χ0) is 12.5. The van der Waals surface area contributed by atoms with Gasteiger partial charge in [-0.3, -0.25) is 9.59 Å². The standard InChI is InChI=1S/C13H15N3O2.ClH/c17-12-8-10-7-9(1-2-11(10)15-12)13(18)16-5-3-14-4-6-16;/h1-2,7,14H,3-6,8H2,(H,15,17);1H. The highest BCUT2D eigenvalue weighted by Gasteiger charge is 2.22. The molecule has 0 radical (unpaired) electrons. The molecule has 19 heavy (non-hydrogen) atoms. The Kier molecular flexibility index (Phi) is 4.07. The summed E-state index contributed by atoms with van der Waals surface area (Å²) in [6.07, 6.45) is 0.373. The predicted molar refractivity (Wildman–Crippen MR) is 74.8 cm³/mol. The number of carbonyl (C=O) groups excluding carboxylic acids is 2. The SMILES string of the molecule is Cl.O=C1Cc2cc(C(=O)N3CCNCC3)ccc2N1. The van der Waals surface area contributed by atoms with Crippen LogP contribution in [0.3, 0.4) is 0 Å². The Morgan fingerprint density at radius 3 is 2.68 bits per heavy atom. The van der Waals surface area contributed by atoms with Crippen molar-refractivity contribution in [3.63, 3.8) is 0 Å². The second-order valence-electron chi connectivity index (χ2n) is 4.64. The first-order valence-electron chi connectivity index (χ1n) is 6.17. The minimum absolute atomic E-state index is 0. The quantitative estimate of drug-likeness (QED) is 0.794. The summed E-state index contributed by atoms with van der Waals surface area (Å²) >= 11 is 0. The van der Waals surface area contributed by atoms with Crippen LogP contribution in [-0.2, 0) is 11.2 Å². The van der Waals surface area contributed by atoms with Crippen molar-refractivity contribution in [2.24, 2.45) is 0 Å². The van der Waals surface area contributed by atoms with Gasteiger partial charge in [0.2, 0.25) is 5.91 Å². The first-order valence-corrected chi connectivity index (χ1v) is 6.17. The number of rotatable bonds is 1. The molecule has 2 amide bonds. The number of nitrogens with one attached hydrogen (secondary N) is 2. The van der Waals surface area contributed by atoms with Crippen molar-refractivity contribution in [2.45, 2.75) is 6.42 Å². The third-order valence-electron chi connectivity index (χ3n) is 3.38. The number of nitrogens with zero attached hydrogens (tertiary/aromatic N) is 1. The van der Waals surface area contributed by atoms with E-state index in [2.05, 4.69) is 10.6 Å². The number of hydrogen-bond donors (Lipinski definition) is 2. The molecule has 0 spiro atoms. The zero-order valence-corrected chi connectivity index (χ0v) is 11.3. The predicted octanol–water partition coefficient (Wildman–Crippen LogP) is 0.648. The molecule has 1 aromatic rings. The average molecular weight is 282 g/mol. The van der Waals surface area contributed by atoms with Gasteiger partial charge >= 0.3 is 0 Å². The molecular formula is C13H16ClN3O2. The first-order chi connectivity index (χ1) is 8.74. The van der Waals surface area contributed by atoms with Crippen LogP contribution in [-0.4, -0.2) is 42.9 Å². The van der Waals surface area contributed by atoms with Crippen LogP contribution >= 0.6 is 12.4 Å². The number of amides is 2. The number of halogens is 1. The summed E-state index contributed by atoms with van der Waals surface area (Å²) in [5.74, 6) is 0.0513. The van der Waals surface area contributed by atoms with E-state index < -0.39 is 0 Å². The highest BCUT2D eigenvalue weighted by Crippen LogP contribution is 2.24. The lowest BCUT2D eigenvalue weighted by Crippen LogP contribution is -2.46. The molecule has 0 saturated carbocycles. The molecule has 2 aliphatic heterocycles. The van der Waals surface area contributed by atoms with Gasteiger partial charge in [0.1, 0.15) is 0 Å². The van der Waals surface area contributed by atoms with Crippen molar-refractivity contribution in [1.29, 1.82) is 0 Å². The average Bonchev–Trinajstić information content (AvgIpc) is 2.78. The lowest BCUT2D eigenvalue weighted by atomic mass is 10.1. The number of piperazine rings is 1. The van der Waals surface area contributed by atoms with Crippen LogP contribution in [0.1, 0.15) is 15.9 Å². The van der Waals surface area contributed by atoms with E-state index in [1.807, 2.05) is 17.0 Å². The van der Waals surface area contributed by atoms with Crippen molar-refractivity contribution in [2.75, 3.05) is 31.5 Å². The molecule has 1 fully saturated rings. The minimum atomic E-state index is -0.00299. The normalized spacial score (nSPS) is 17.5. The summed E-state index contributed by atoms with van der Waals surface area (Å²) in [4.78, 5) is 25.4. The number of benzene rings is 1. The monoisotopic (exact) mass is 281 g/mol. The van der Waals surface area contributed by atoms with Gasteiger partial charge in [-0.25, -0.2) is 0 Å². The molecule has 5 nitrogen and oxygen atoms in total. The van der Waals surface area contributed by atoms with E-state index in [0.29, 0.717) is 12.0 Å². The number of anilines is 1. The minimum Gasteiger partial charge on any atom is -0.336 e. The fourth-order valence-electron chi connectivity index (χ4n) is 2.41. The largest absolute Gasteiger partial charge is 0.336 e. The van der Waals surface area contributed by atoms with Crippen LogP contribution in [0.5, 0.6) is 0 Å². The molecule has 102 valence electrons. The van der Waals surface area contributed by atoms with Crippen LogP contribution in [0.2, 0.25) is 0 Å². The van der Waals surface area contributed by atoms with Crippen molar-refractivity contribution < 1.29 is 9.59 Å². The lowest BCUT2D eigenvalue weighted by molar-refractivity contribution is -0.115. The Bertz CT molecular complexity index is 513. The Morgan fingerprint density at radius 1 is 1.21 bits per heavy atom. The Hall–Kier alpha value is -1.59. The maximum atomic E-state index is 12.3. The van der Waals surface area contributed by atoms with Gasteiger partial charge in [-0.1, -0.05) is 0 Å². The van der Waals surface area contributed by atoms with Gasteiger partial charge in [0.25, 0.3) is 5.91 Å². The molecule has 0 aliphatic carbocycles. The molecule has 0 unspecified atom stereocenters. The Balaban J connectivity index is 0.00000133. The third-order valence-corrected chi connectivity index (χ3v) is 3.38. The van der Waals surface area contributed by atoms with Crippen molar-refractivity contribution >= 4 is 29.9 Å². The Labute approximate surface area is 117 Å². The van der Waals surface area contributed by atoms with Crippen LogP contribution in [0.25, 0.3) is 0 Å². The molecule has 2 N–H and O–H groups in total. The van der Waals surface area contributed by atoms with Crippen molar-refractivity contribution in [1.82, 2.24) is 10.2 Å². The van der Waals surface area contributed by atoms with E-state index in [1.165, 1.54) is 0 Å². The van der Waals surface area contributed by atoms with Gasteiger partial charge in [0.05, 0.1) is 6.42 Å². The third kappa shape index (κ3) is 2.72. The fraction of sp³-hybridized carbons (Fsp3) is 0.385. The molecule has 6 heteroatoms. The molecule has 0 bridgehead atoms. The molecule has 1 aromatic carbocycles. The van der Waals surface area contributed by atoms with E-state index in [4.69, 9.17) is 0 Å². The van der Waals surface area contributed by atoms with Gasteiger partial charge in [0.15, 0.2) is 0 Å². The molecule has 2 aliphatic rings. The second-order valence-corrected chi connectivity index (χ2v) is 4.64. The molecule has 1 saturated heterocycles. The zero-order valence-electron chi connectivity index (χ0n) is 10.4. The molecule has 0 atom stereocenters. The summed E-state index contributed by atoms with van der Waals surface area (Å²) in [6, 6.07) is 5.43. The fourth-order valence-corrected chi connectivity index (χ4v) is 2.41. The van der Waals surface area contributed by atoms with Crippen LogP contribution in [0.15, 0.2) is 18.2 Å². The van der Waals surface area contributed by atoms with E-state index in [9.17, 15) is 9.59 Å². The highest BCUT2D eigenvalue weighted by atomic mass is 35.5. The molecule has 0 aromatic heterocycles. The molecule has 3 rings (SSSR count). The second kappa shape index (κ2) is 5.59. The van der Waals surface area contributed by atoms with E-state index in [-0.39, 0.29) is 24.2 Å². The maximum Gasteiger partial charge on any atom is 0.253 e.